The van der Waals surface area contributed by atoms with Crippen LogP contribution in [0.2, 0.25) is 5.02 Å². The number of anilines is 2. The van der Waals surface area contributed by atoms with Gasteiger partial charge in [0.2, 0.25) is 5.91 Å². The summed E-state index contributed by atoms with van der Waals surface area (Å²) in [6.45, 7) is 3.70. The first-order valence-corrected chi connectivity index (χ1v) is 9.43. The fraction of sp³-hybridized carbons (Fsp3) is 0.353. The number of ether oxygens (including phenoxy) is 1. The molecular formula is C17H19ClN4O3S. The van der Waals surface area contributed by atoms with Crippen molar-refractivity contribution in [2.45, 2.75) is 19.9 Å². The van der Waals surface area contributed by atoms with E-state index in [1.165, 1.54) is 11.3 Å². The Morgan fingerprint density at radius 1 is 1.38 bits per heavy atom. The van der Waals surface area contributed by atoms with Gasteiger partial charge in [0.1, 0.15) is 0 Å². The number of amides is 2. The number of nitrogens with one attached hydrogen (secondary N) is 2. The number of benzene rings is 1. The maximum atomic E-state index is 12.2. The molecule has 3 rings (SSSR count). The summed E-state index contributed by atoms with van der Waals surface area (Å²) in [7, 11) is 0. The lowest BCUT2D eigenvalue weighted by Gasteiger charge is -2.25. The van der Waals surface area contributed by atoms with Crippen LogP contribution in [0.15, 0.2) is 24.3 Å². The number of hydrogen-bond donors (Lipinski definition) is 2. The van der Waals surface area contributed by atoms with Gasteiger partial charge in [0.15, 0.2) is 5.13 Å². The molecule has 2 aromatic rings. The number of nitrogens with zero attached hydrogens (tertiary/aromatic N) is 2. The molecule has 1 aromatic carbocycles. The lowest BCUT2D eigenvalue weighted by atomic mass is 10.2. The van der Waals surface area contributed by atoms with Crippen LogP contribution in [0.25, 0.3) is 0 Å². The highest BCUT2D eigenvalue weighted by Gasteiger charge is 2.23. The summed E-state index contributed by atoms with van der Waals surface area (Å²) in [6, 6.07) is 7.06. The highest BCUT2D eigenvalue weighted by atomic mass is 35.5. The molecule has 26 heavy (non-hydrogen) atoms. The van der Waals surface area contributed by atoms with Crippen molar-refractivity contribution in [1.29, 1.82) is 0 Å². The summed E-state index contributed by atoms with van der Waals surface area (Å²) in [5, 5.41) is 6.58. The van der Waals surface area contributed by atoms with Crippen molar-refractivity contribution < 1.29 is 14.3 Å². The normalized spacial score (nSPS) is 13.8. The SMILES string of the molecule is CCOC(=O)Nc1nc2c(s1)CN(CC(=O)Nc1cccc(Cl)c1)CC2. The fourth-order valence-electron chi connectivity index (χ4n) is 2.66. The van der Waals surface area contributed by atoms with E-state index in [9.17, 15) is 9.59 Å². The molecule has 0 atom stereocenters. The van der Waals surface area contributed by atoms with Crippen molar-refractivity contribution in [2.24, 2.45) is 0 Å². The predicted molar refractivity (Wildman–Crippen MR) is 102 cm³/mol. The van der Waals surface area contributed by atoms with E-state index < -0.39 is 6.09 Å². The molecule has 1 aliphatic rings. The van der Waals surface area contributed by atoms with Crippen LogP contribution in [-0.4, -0.2) is 41.6 Å². The van der Waals surface area contributed by atoms with Crippen molar-refractivity contribution in [3.8, 4) is 0 Å². The first-order valence-electron chi connectivity index (χ1n) is 8.23. The lowest BCUT2D eigenvalue weighted by Crippen LogP contribution is -2.36. The van der Waals surface area contributed by atoms with Crippen molar-refractivity contribution in [2.75, 3.05) is 30.3 Å². The molecule has 1 aromatic heterocycles. The van der Waals surface area contributed by atoms with E-state index in [1.54, 1.807) is 31.2 Å². The minimum atomic E-state index is -0.503. The van der Waals surface area contributed by atoms with Gasteiger partial charge in [-0.25, -0.2) is 9.78 Å². The fourth-order valence-corrected chi connectivity index (χ4v) is 3.89. The maximum Gasteiger partial charge on any atom is 0.413 e. The van der Waals surface area contributed by atoms with E-state index in [2.05, 4.69) is 20.5 Å². The van der Waals surface area contributed by atoms with Gasteiger partial charge in [0.05, 0.1) is 18.8 Å². The Kier molecular flexibility index (Phi) is 6.08. The van der Waals surface area contributed by atoms with Gasteiger partial charge in [-0.15, -0.1) is 0 Å². The number of fused-ring (bicyclic) bond motifs is 1. The molecule has 0 radical (unpaired) electrons. The van der Waals surface area contributed by atoms with Gasteiger partial charge >= 0.3 is 6.09 Å². The van der Waals surface area contributed by atoms with Gasteiger partial charge in [-0.1, -0.05) is 29.0 Å². The molecule has 2 N–H and O–H groups in total. The molecule has 0 aliphatic carbocycles. The van der Waals surface area contributed by atoms with E-state index in [0.29, 0.717) is 29.0 Å². The number of carbonyl (C=O) groups excluding carboxylic acids is 2. The molecule has 2 amide bonds. The zero-order valence-electron chi connectivity index (χ0n) is 14.3. The minimum Gasteiger partial charge on any atom is -0.450 e. The third kappa shape index (κ3) is 4.94. The standard InChI is InChI=1S/C17H19ClN4O3S/c1-2-25-17(24)21-16-20-13-6-7-22(9-14(13)26-16)10-15(23)19-12-5-3-4-11(18)8-12/h3-5,8H,2,6-7,9-10H2,1H3,(H,19,23)(H,20,21,24). The Morgan fingerprint density at radius 2 is 2.23 bits per heavy atom. The van der Waals surface area contributed by atoms with Crippen LogP contribution in [0.4, 0.5) is 15.6 Å². The number of halogens is 1. The highest BCUT2D eigenvalue weighted by molar-refractivity contribution is 7.15. The molecule has 1 aliphatic heterocycles. The summed E-state index contributed by atoms with van der Waals surface area (Å²) < 4.78 is 4.86. The first kappa shape index (κ1) is 18.6. The second kappa shape index (κ2) is 8.48. The minimum absolute atomic E-state index is 0.0925. The Morgan fingerprint density at radius 3 is 3.00 bits per heavy atom. The number of carbonyl (C=O) groups is 2. The van der Waals surface area contributed by atoms with Crippen molar-refractivity contribution in [1.82, 2.24) is 9.88 Å². The summed E-state index contributed by atoms with van der Waals surface area (Å²) in [6.07, 6.45) is 0.234. The number of rotatable bonds is 5. The molecule has 0 unspecified atom stereocenters. The molecule has 9 heteroatoms. The van der Waals surface area contributed by atoms with E-state index in [0.717, 1.165) is 23.5 Å². The van der Waals surface area contributed by atoms with Crippen LogP contribution in [0.5, 0.6) is 0 Å². The van der Waals surface area contributed by atoms with Crippen molar-refractivity contribution >= 4 is 45.8 Å². The zero-order chi connectivity index (χ0) is 18.5. The quantitative estimate of drug-likeness (QED) is 0.812. The molecule has 2 heterocycles. The van der Waals surface area contributed by atoms with Crippen LogP contribution in [-0.2, 0) is 22.5 Å². The Bertz CT molecular complexity index is 811. The second-order valence-electron chi connectivity index (χ2n) is 5.75. The number of thiazole rings is 1. The highest BCUT2D eigenvalue weighted by Crippen LogP contribution is 2.28. The van der Waals surface area contributed by atoms with Crippen LogP contribution in [0.3, 0.4) is 0 Å². The van der Waals surface area contributed by atoms with E-state index in [4.69, 9.17) is 16.3 Å². The molecule has 0 bridgehead atoms. The number of aromatic nitrogens is 1. The van der Waals surface area contributed by atoms with Crippen molar-refractivity contribution in [3.05, 3.63) is 39.9 Å². The van der Waals surface area contributed by atoms with E-state index in [-0.39, 0.29) is 12.5 Å². The monoisotopic (exact) mass is 394 g/mol. The van der Waals surface area contributed by atoms with Crippen LogP contribution < -0.4 is 10.6 Å². The van der Waals surface area contributed by atoms with E-state index in [1.807, 2.05) is 0 Å². The Labute approximate surface area is 160 Å². The molecule has 138 valence electrons. The summed E-state index contributed by atoms with van der Waals surface area (Å²) in [4.78, 5) is 31.3. The van der Waals surface area contributed by atoms with Gasteiger partial charge in [0.25, 0.3) is 0 Å². The summed E-state index contributed by atoms with van der Waals surface area (Å²) in [5.74, 6) is -0.0925. The molecule has 0 spiro atoms. The van der Waals surface area contributed by atoms with Gasteiger partial charge in [-0.2, -0.15) is 0 Å². The molecule has 0 fully saturated rings. The lowest BCUT2D eigenvalue weighted by molar-refractivity contribution is -0.117. The predicted octanol–water partition coefficient (Wildman–Crippen LogP) is 3.36. The van der Waals surface area contributed by atoms with Crippen LogP contribution >= 0.6 is 22.9 Å². The van der Waals surface area contributed by atoms with Crippen molar-refractivity contribution in [3.63, 3.8) is 0 Å². The Balaban J connectivity index is 1.55. The van der Waals surface area contributed by atoms with Crippen LogP contribution in [0.1, 0.15) is 17.5 Å². The summed E-state index contributed by atoms with van der Waals surface area (Å²) >= 11 is 7.34. The van der Waals surface area contributed by atoms with Crippen LogP contribution in [0, 0.1) is 0 Å². The average molecular weight is 395 g/mol. The number of hydrogen-bond acceptors (Lipinski definition) is 6. The summed E-state index contributed by atoms with van der Waals surface area (Å²) in [5.41, 5.74) is 1.65. The second-order valence-corrected chi connectivity index (χ2v) is 7.27. The molecule has 0 saturated carbocycles. The smallest absolute Gasteiger partial charge is 0.413 e. The zero-order valence-corrected chi connectivity index (χ0v) is 15.8. The first-order chi connectivity index (χ1) is 12.5. The van der Waals surface area contributed by atoms with Gasteiger partial charge in [0, 0.05) is 35.1 Å². The molecule has 7 nitrogen and oxygen atoms in total. The largest absolute Gasteiger partial charge is 0.450 e. The average Bonchev–Trinajstić information content (AvgIpc) is 2.96. The topological polar surface area (TPSA) is 83.6 Å². The third-order valence-corrected chi connectivity index (χ3v) is 5.00. The van der Waals surface area contributed by atoms with E-state index >= 15 is 0 Å². The maximum absolute atomic E-state index is 12.2. The van der Waals surface area contributed by atoms with Gasteiger partial charge in [-0.05, 0) is 25.1 Å². The third-order valence-electron chi connectivity index (χ3n) is 3.77. The Hall–Kier alpha value is -2.16. The van der Waals surface area contributed by atoms with Gasteiger partial charge in [-0.3, -0.25) is 15.0 Å². The van der Waals surface area contributed by atoms with Gasteiger partial charge < -0.3 is 10.1 Å². The molecular weight excluding hydrogens is 376 g/mol. The molecule has 0 saturated heterocycles.